The second-order valence-electron chi connectivity index (χ2n) is 8.67. The van der Waals surface area contributed by atoms with Crippen molar-refractivity contribution in [3.63, 3.8) is 0 Å². The summed E-state index contributed by atoms with van der Waals surface area (Å²) in [7, 11) is 0.513. The maximum atomic E-state index is 11.6. The monoisotopic (exact) mass is 464 g/mol. The number of ether oxygens (including phenoxy) is 4. The van der Waals surface area contributed by atoms with E-state index in [1.807, 2.05) is 12.1 Å². The molecule has 0 heterocycles. The van der Waals surface area contributed by atoms with Gasteiger partial charge in [-0.3, -0.25) is 14.4 Å². The zero-order valence-electron chi connectivity index (χ0n) is 19.8. The Morgan fingerprint density at radius 2 is 1.44 bits per heavy atom. The largest absolute Gasteiger partial charge is 0.495 e. The molecule has 32 heavy (non-hydrogen) atoms. The summed E-state index contributed by atoms with van der Waals surface area (Å²) in [6.45, 7) is 5.71. The highest BCUT2D eigenvalue weighted by atomic mass is 28.1. The predicted octanol–water partition coefficient (Wildman–Crippen LogP) is 3.56. The van der Waals surface area contributed by atoms with Crippen molar-refractivity contribution in [2.75, 3.05) is 0 Å². The molecule has 7 nitrogen and oxygen atoms in total. The van der Waals surface area contributed by atoms with Gasteiger partial charge in [-0.1, -0.05) is 31.9 Å². The number of esters is 3. The number of rotatable bonds is 10. The van der Waals surface area contributed by atoms with Gasteiger partial charge in [-0.2, -0.15) is 0 Å². The molecule has 1 saturated carbocycles. The van der Waals surface area contributed by atoms with Gasteiger partial charge >= 0.3 is 23.9 Å². The van der Waals surface area contributed by atoms with Crippen LogP contribution in [0.3, 0.4) is 0 Å². The third-order valence-corrected chi connectivity index (χ3v) is 6.31. The van der Waals surface area contributed by atoms with Gasteiger partial charge in [0.05, 0.1) is 16.0 Å². The predicted molar refractivity (Wildman–Crippen MR) is 123 cm³/mol. The van der Waals surface area contributed by atoms with Gasteiger partial charge in [-0.25, -0.2) is 0 Å². The molecule has 1 atom stereocenters. The van der Waals surface area contributed by atoms with Gasteiger partial charge in [0.2, 0.25) is 0 Å². The van der Waals surface area contributed by atoms with Crippen molar-refractivity contribution in [1.29, 1.82) is 0 Å². The van der Waals surface area contributed by atoms with Crippen LogP contribution in [0.1, 0.15) is 84.1 Å². The molecule has 1 aromatic rings. The Labute approximate surface area is 193 Å². The molecule has 178 valence electrons. The van der Waals surface area contributed by atoms with Gasteiger partial charge in [-0.05, 0) is 55.2 Å². The molecular formula is C24H36O7Si. The summed E-state index contributed by atoms with van der Waals surface area (Å²) >= 11 is 0. The highest BCUT2D eigenvalue weighted by molar-refractivity contribution is 6.11. The van der Waals surface area contributed by atoms with Crippen LogP contribution in [0.25, 0.3) is 0 Å². The third kappa shape index (κ3) is 8.30. The summed E-state index contributed by atoms with van der Waals surface area (Å²) in [6.07, 6.45) is 7.52. The Morgan fingerprint density at radius 1 is 0.938 bits per heavy atom. The van der Waals surface area contributed by atoms with Crippen LogP contribution in [-0.4, -0.2) is 39.9 Å². The average Bonchev–Trinajstić information content (AvgIpc) is 2.67. The molecule has 0 saturated heterocycles. The van der Waals surface area contributed by atoms with Gasteiger partial charge < -0.3 is 18.9 Å². The van der Waals surface area contributed by atoms with E-state index in [0.717, 1.165) is 26.7 Å². The van der Waals surface area contributed by atoms with Crippen molar-refractivity contribution >= 4 is 28.2 Å². The van der Waals surface area contributed by atoms with Crippen molar-refractivity contribution in [2.45, 2.75) is 90.3 Å². The molecule has 1 aromatic carbocycles. The van der Waals surface area contributed by atoms with E-state index in [9.17, 15) is 14.4 Å². The van der Waals surface area contributed by atoms with Crippen LogP contribution in [0, 0.1) is 5.92 Å². The lowest BCUT2D eigenvalue weighted by atomic mass is 9.77. The van der Waals surface area contributed by atoms with E-state index in [0.29, 0.717) is 21.9 Å². The van der Waals surface area contributed by atoms with E-state index in [1.54, 1.807) is 0 Å². The molecule has 0 spiro atoms. The fraction of sp³-hybridized carbons (Fsp3) is 0.625. The van der Waals surface area contributed by atoms with Gasteiger partial charge in [-0.15, -0.1) is 0 Å². The molecule has 0 amide bonds. The van der Waals surface area contributed by atoms with E-state index in [-0.39, 0.29) is 6.42 Å². The van der Waals surface area contributed by atoms with Crippen molar-refractivity contribution in [1.82, 2.24) is 0 Å². The minimum Gasteiger partial charge on any atom is -0.495 e. The van der Waals surface area contributed by atoms with Crippen LogP contribution in [0.5, 0.6) is 5.75 Å². The van der Waals surface area contributed by atoms with Crippen molar-refractivity contribution in [2.24, 2.45) is 5.92 Å². The lowest BCUT2D eigenvalue weighted by Crippen LogP contribution is -2.47. The first-order valence-electron chi connectivity index (χ1n) is 11.5. The van der Waals surface area contributed by atoms with Crippen molar-refractivity contribution in [3.05, 3.63) is 29.8 Å². The molecule has 0 aliphatic heterocycles. The molecule has 8 heteroatoms. The van der Waals surface area contributed by atoms with E-state index in [4.69, 9.17) is 18.9 Å². The minimum absolute atomic E-state index is 0.110. The van der Waals surface area contributed by atoms with E-state index in [1.165, 1.54) is 44.1 Å². The first-order chi connectivity index (χ1) is 15.1. The summed E-state index contributed by atoms with van der Waals surface area (Å²) in [6, 6.07) is 8.07. The van der Waals surface area contributed by atoms with Gasteiger partial charge in [0.25, 0.3) is 0 Å². The van der Waals surface area contributed by atoms with Crippen molar-refractivity contribution < 1.29 is 33.3 Å². The molecule has 1 unspecified atom stereocenters. The van der Waals surface area contributed by atoms with Crippen LogP contribution < -0.4 is 4.74 Å². The van der Waals surface area contributed by atoms with Gasteiger partial charge in [0.15, 0.2) is 0 Å². The SMILES string of the molecule is CCCC1CCC(c2ccc(OC([SiH3])CC(OC(C)=O)(OC(C)=O)OC(C)=O)cc2)CC1. The van der Waals surface area contributed by atoms with Crippen LogP contribution in [0.2, 0.25) is 0 Å². The van der Waals surface area contributed by atoms with Gasteiger partial charge in [0.1, 0.15) is 12.2 Å². The first kappa shape index (κ1) is 25.9. The molecule has 1 aliphatic carbocycles. The van der Waals surface area contributed by atoms with E-state index in [2.05, 4.69) is 19.1 Å². The molecule has 0 N–H and O–H groups in total. The standard InChI is InChI=1S/C24H36O7Si/c1-5-6-19-7-9-20(10-8-19)21-11-13-22(14-12-21)28-23(32)15-24(29-16(2)25,30-17(3)26)31-18(4)27/h11-14,19-20,23H,5-10,15H2,1-4,32H3. The number of benzene rings is 1. The van der Waals surface area contributed by atoms with Crippen LogP contribution >= 0.6 is 0 Å². The van der Waals surface area contributed by atoms with E-state index >= 15 is 0 Å². The van der Waals surface area contributed by atoms with Crippen molar-refractivity contribution in [3.8, 4) is 5.75 Å². The molecule has 0 aromatic heterocycles. The van der Waals surface area contributed by atoms with Crippen LogP contribution in [0.4, 0.5) is 0 Å². The highest BCUT2D eigenvalue weighted by Crippen LogP contribution is 2.38. The Morgan fingerprint density at radius 3 is 1.88 bits per heavy atom. The second kappa shape index (κ2) is 12.0. The summed E-state index contributed by atoms with van der Waals surface area (Å²) in [4.78, 5) is 34.7. The molecular weight excluding hydrogens is 428 g/mol. The molecule has 0 radical (unpaired) electrons. The summed E-state index contributed by atoms with van der Waals surface area (Å²) in [5.74, 6) is -2.22. The quantitative estimate of drug-likeness (QED) is 0.297. The minimum atomic E-state index is -2.13. The highest BCUT2D eigenvalue weighted by Gasteiger charge is 2.43. The van der Waals surface area contributed by atoms with Crippen LogP contribution in [0.15, 0.2) is 24.3 Å². The smallest absolute Gasteiger partial charge is 0.426 e. The van der Waals surface area contributed by atoms with E-state index < -0.39 is 29.6 Å². The summed E-state index contributed by atoms with van der Waals surface area (Å²) < 4.78 is 21.3. The lowest BCUT2D eigenvalue weighted by molar-refractivity contribution is -0.333. The number of carbonyl (C=O) groups excluding carboxylic acids is 3. The van der Waals surface area contributed by atoms with Gasteiger partial charge in [0, 0.05) is 20.8 Å². The fourth-order valence-corrected chi connectivity index (χ4v) is 5.25. The molecule has 2 rings (SSSR count). The Hall–Kier alpha value is -2.35. The summed E-state index contributed by atoms with van der Waals surface area (Å²) in [5, 5.41) is 0. The number of hydrogen-bond donors (Lipinski definition) is 0. The Kier molecular flexibility index (Phi) is 9.75. The fourth-order valence-electron chi connectivity index (χ4n) is 4.48. The Balaban J connectivity index is 2.02. The maximum absolute atomic E-state index is 11.6. The molecule has 1 fully saturated rings. The third-order valence-electron chi connectivity index (χ3n) is 5.67. The normalized spacial score (nSPS) is 19.6. The van der Waals surface area contributed by atoms with Crippen LogP contribution in [-0.2, 0) is 28.6 Å². The Bertz CT molecular complexity index is 728. The molecule has 1 aliphatic rings. The zero-order chi connectivity index (χ0) is 23.7. The first-order valence-corrected chi connectivity index (χ1v) is 12.6. The zero-order valence-corrected chi connectivity index (χ0v) is 21.8. The lowest BCUT2D eigenvalue weighted by Gasteiger charge is -2.32. The topological polar surface area (TPSA) is 88.1 Å². The molecule has 0 bridgehead atoms. The maximum Gasteiger partial charge on any atom is 0.426 e. The average molecular weight is 465 g/mol. The number of hydrogen-bond acceptors (Lipinski definition) is 7. The second-order valence-corrected chi connectivity index (χ2v) is 9.96. The summed E-state index contributed by atoms with van der Waals surface area (Å²) in [5.41, 5.74) is 0.884. The number of carbonyl (C=O) groups is 3.